The first-order valence-electron chi connectivity index (χ1n) is 6.13. The zero-order valence-electron chi connectivity index (χ0n) is 10.4. The molecule has 0 atom stereocenters. The van der Waals surface area contributed by atoms with Gasteiger partial charge in [-0.2, -0.15) is 0 Å². The summed E-state index contributed by atoms with van der Waals surface area (Å²) in [5, 5.41) is 1.24. The molecule has 1 aromatic heterocycles. The molecule has 0 aliphatic heterocycles. The highest BCUT2D eigenvalue weighted by molar-refractivity contribution is 5.86. The summed E-state index contributed by atoms with van der Waals surface area (Å²) in [5.41, 5.74) is 10.5. The molecule has 1 heterocycles. The number of hydrogen-bond acceptors (Lipinski definition) is 1. The molecule has 18 heavy (non-hydrogen) atoms. The van der Waals surface area contributed by atoms with Gasteiger partial charge in [0.15, 0.2) is 0 Å². The van der Waals surface area contributed by atoms with Crippen LogP contribution < -0.4 is 5.73 Å². The summed E-state index contributed by atoms with van der Waals surface area (Å²) in [4.78, 5) is 0. The number of aryl methyl sites for hydroxylation is 1. The maximum atomic E-state index is 5.85. The summed E-state index contributed by atoms with van der Waals surface area (Å²) in [6.07, 6.45) is 2.19. The van der Waals surface area contributed by atoms with Gasteiger partial charge in [0.2, 0.25) is 0 Å². The average Bonchev–Trinajstić information content (AvgIpc) is 2.67. The van der Waals surface area contributed by atoms with E-state index in [1.165, 1.54) is 22.0 Å². The Balaban J connectivity index is 2.08. The van der Waals surface area contributed by atoms with E-state index >= 15 is 0 Å². The highest BCUT2D eigenvalue weighted by atomic mass is 15.0. The van der Waals surface area contributed by atoms with Crippen molar-refractivity contribution in [2.75, 3.05) is 5.73 Å². The van der Waals surface area contributed by atoms with Gasteiger partial charge in [-0.05, 0) is 36.2 Å². The third-order valence-electron chi connectivity index (χ3n) is 3.30. The number of fused-ring (bicyclic) bond motifs is 1. The van der Waals surface area contributed by atoms with E-state index in [1.807, 2.05) is 18.2 Å². The molecule has 0 fully saturated rings. The molecule has 0 aliphatic carbocycles. The van der Waals surface area contributed by atoms with E-state index in [4.69, 9.17) is 5.73 Å². The largest absolute Gasteiger partial charge is 0.399 e. The number of nitrogens with two attached hydrogens (primary N) is 1. The molecule has 0 saturated heterocycles. The Kier molecular flexibility index (Phi) is 2.56. The molecule has 0 radical (unpaired) electrons. The zero-order valence-corrected chi connectivity index (χ0v) is 10.4. The molecule has 0 saturated carbocycles. The van der Waals surface area contributed by atoms with Gasteiger partial charge in [-0.3, -0.25) is 0 Å². The monoisotopic (exact) mass is 236 g/mol. The first-order chi connectivity index (χ1) is 8.74. The van der Waals surface area contributed by atoms with Crippen LogP contribution in [0.1, 0.15) is 11.1 Å². The van der Waals surface area contributed by atoms with Gasteiger partial charge in [0.1, 0.15) is 0 Å². The van der Waals surface area contributed by atoms with E-state index in [1.54, 1.807) is 0 Å². The first kappa shape index (κ1) is 10.9. The van der Waals surface area contributed by atoms with Crippen LogP contribution in [-0.4, -0.2) is 4.57 Å². The van der Waals surface area contributed by atoms with Crippen LogP contribution in [0.25, 0.3) is 10.9 Å². The first-order valence-corrected chi connectivity index (χ1v) is 6.13. The summed E-state index contributed by atoms with van der Waals surface area (Å²) < 4.78 is 2.28. The van der Waals surface area contributed by atoms with Crippen molar-refractivity contribution in [2.45, 2.75) is 13.5 Å². The SMILES string of the molecule is Cc1cn(Cc2ccccc2)c2ccc(N)cc12. The lowest BCUT2D eigenvalue weighted by Crippen LogP contribution is -1.97. The Hall–Kier alpha value is -2.22. The van der Waals surface area contributed by atoms with Crippen molar-refractivity contribution in [2.24, 2.45) is 0 Å². The highest BCUT2D eigenvalue weighted by Crippen LogP contribution is 2.24. The van der Waals surface area contributed by atoms with Crippen molar-refractivity contribution >= 4 is 16.6 Å². The van der Waals surface area contributed by atoms with Crippen LogP contribution in [0.5, 0.6) is 0 Å². The number of hydrogen-bond donors (Lipinski definition) is 1. The molecule has 0 amide bonds. The van der Waals surface area contributed by atoms with Crippen molar-refractivity contribution in [3.05, 3.63) is 65.9 Å². The van der Waals surface area contributed by atoms with E-state index in [-0.39, 0.29) is 0 Å². The van der Waals surface area contributed by atoms with Crippen LogP contribution in [0.2, 0.25) is 0 Å². The zero-order chi connectivity index (χ0) is 12.5. The van der Waals surface area contributed by atoms with Gasteiger partial charge in [0.25, 0.3) is 0 Å². The fourth-order valence-electron chi connectivity index (χ4n) is 2.40. The third-order valence-corrected chi connectivity index (χ3v) is 3.30. The van der Waals surface area contributed by atoms with E-state index < -0.39 is 0 Å². The fourth-order valence-corrected chi connectivity index (χ4v) is 2.40. The fraction of sp³-hybridized carbons (Fsp3) is 0.125. The van der Waals surface area contributed by atoms with Gasteiger partial charge in [-0.1, -0.05) is 30.3 Å². The molecule has 90 valence electrons. The molecule has 0 aliphatic rings. The minimum atomic E-state index is 0.822. The Bertz CT molecular complexity index is 681. The second-order valence-corrected chi connectivity index (χ2v) is 4.70. The van der Waals surface area contributed by atoms with Gasteiger partial charge in [0.05, 0.1) is 0 Å². The molecule has 3 aromatic rings. The Morgan fingerprint density at radius 1 is 1.06 bits per heavy atom. The number of benzene rings is 2. The molecular weight excluding hydrogens is 220 g/mol. The average molecular weight is 236 g/mol. The van der Waals surface area contributed by atoms with Crippen molar-refractivity contribution in [1.82, 2.24) is 4.57 Å². The summed E-state index contributed by atoms with van der Waals surface area (Å²) >= 11 is 0. The molecule has 0 bridgehead atoms. The molecule has 2 nitrogen and oxygen atoms in total. The minimum Gasteiger partial charge on any atom is -0.399 e. The minimum absolute atomic E-state index is 0.822. The molecule has 2 heteroatoms. The lowest BCUT2D eigenvalue weighted by Gasteiger charge is -2.05. The van der Waals surface area contributed by atoms with Gasteiger partial charge in [-0.15, -0.1) is 0 Å². The third kappa shape index (κ3) is 1.86. The number of rotatable bonds is 2. The van der Waals surface area contributed by atoms with Gasteiger partial charge in [-0.25, -0.2) is 0 Å². The van der Waals surface area contributed by atoms with Crippen molar-refractivity contribution < 1.29 is 0 Å². The van der Waals surface area contributed by atoms with Gasteiger partial charge in [0, 0.05) is 29.3 Å². The lowest BCUT2D eigenvalue weighted by molar-refractivity contribution is 0.834. The molecule has 2 aromatic carbocycles. The molecule has 0 spiro atoms. The number of anilines is 1. The van der Waals surface area contributed by atoms with E-state index in [0.29, 0.717) is 0 Å². The molecule has 0 unspecified atom stereocenters. The number of nitrogen functional groups attached to an aromatic ring is 1. The Morgan fingerprint density at radius 2 is 1.83 bits per heavy atom. The van der Waals surface area contributed by atoms with Gasteiger partial charge < -0.3 is 10.3 Å². The summed E-state index contributed by atoms with van der Waals surface area (Å²) in [5.74, 6) is 0. The Labute approximate surface area is 107 Å². The smallest absolute Gasteiger partial charge is 0.0487 e. The van der Waals surface area contributed by atoms with Crippen LogP contribution in [0.4, 0.5) is 5.69 Å². The predicted molar refractivity (Wildman–Crippen MR) is 76.6 cm³/mol. The second-order valence-electron chi connectivity index (χ2n) is 4.70. The Morgan fingerprint density at radius 3 is 2.61 bits per heavy atom. The van der Waals surface area contributed by atoms with Crippen LogP contribution in [0, 0.1) is 6.92 Å². The summed E-state index contributed by atoms with van der Waals surface area (Å²) in [6.45, 7) is 3.03. The highest BCUT2D eigenvalue weighted by Gasteiger charge is 2.05. The normalized spacial score (nSPS) is 10.9. The molecule has 2 N–H and O–H groups in total. The molecular formula is C16H16N2. The van der Waals surface area contributed by atoms with E-state index in [0.717, 1.165) is 12.2 Å². The summed E-state index contributed by atoms with van der Waals surface area (Å²) in [7, 11) is 0. The van der Waals surface area contributed by atoms with Crippen molar-refractivity contribution in [3.63, 3.8) is 0 Å². The summed E-state index contributed by atoms with van der Waals surface area (Å²) in [6, 6.07) is 16.6. The predicted octanol–water partition coefficient (Wildman–Crippen LogP) is 3.58. The number of aromatic nitrogens is 1. The van der Waals surface area contributed by atoms with Crippen LogP contribution >= 0.6 is 0 Å². The van der Waals surface area contributed by atoms with Crippen LogP contribution in [0.3, 0.4) is 0 Å². The quantitative estimate of drug-likeness (QED) is 0.677. The van der Waals surface area contributed by atoms with Crippen molar-refractivity contribution in [1.29, 1.82) is 0 Å². The van der Waals surface area contributed by atoms with E-state index in [2.05, 4.69) is 48.0 Å². The van der Waals surface area contributed by atoms with Crippen LogP contribution in [-0.2, 0) is 6.54 Å². The van der Waals surface area contributed by atoms with Crippen molar-refractivity contribution in [3.8, 4) is 0 Å². The maximum Gasteiger partial charge on any atom is 0.0487 e. The number of nitrogens with zero attached hydrogens (tertiary/aromatic N) is 1. The molecule has 3 rings (SSSR count). The maximum absolute atomic E-state index is 5.85. The standard InChI is InChI=1S/C16H16N2/c1-12-10-18(11-13-5-3-2-4-6-13)16-8-7-14(17)9-15(12)16/h2-10H,11,17H2,1H3. The van der Waals surface area contributed by atoms with Gasteiger partial charge >= 0.3 is 0 Å². The lowest BCUT2D eigenvalue weighted by atomic mass is 10.2. The van der Waals surface area contributed by atoms with Crippen LogP contribution in [0.15, 0.2) is 54.7 Å². The second kappa shape index (κ2) is 4.22. The van der Waals surface area contributed by atoms with E-state index in [9.17, 15) is 0 Å². The topological polar surface area (TPSA) is 30.9 Å².